The molecule has 1 aromatic rings. The van der Waals surface area contributed by atoms with E-state index < -0.39 is 41.9 Å². The van der Waals surface area contributed by atoms with Gasteiger partial charge in [-0.2, -0.15) is 0 Å². The van der Waals surface area contributed by atoms with E-state index in [9.17, 15) is 18.8 Å². The van der Waals surface area contributed by atoms with Crippen LogP contribution in [0.25, 0.3) is 0 Å². The Labute approximate surface area is 148 Å². The third kappa shape index (κ3) is 4.35. The molecule has 0 aromatic heterocycles. The fourth-order valence-corrected chi connectivity index (χ4v) is 3.10. The monoisotopic (exact) mass is 370 g/mol. The lowest BCUT2D eigenvalue weighted by atomic mass is 10.0. The average molecular weight is 371 g/mol. The zero-order chi connectivity index (χ0) is 18.1. The maximum Gasteiger partial charge on any atom is 0.340 e. The second kappa shape index (κ2) is 7.09. The summed E-state index contributed by atoms with van der Waals surface area (Å²) in [5, 5.41) is -0.0818. The number of hydrogen-bond acceptors (Lipinski definition) is 6. The molecule has 0 bridgehead atoms. The van der Waals surface area contributed by atoms with Gasteiger partial charge in [-0.1, -0.05) is 11.6 Å². The molecule has 4 unspecified atom stereocenters. The van der Waals surface area contributed by atoms with E-state index in [1.165, 1.54) is 6.07 Å². The minimum atomic E-state index is -0.829. The van der Waals surface area contributed by atoms with Crippen molar-refractivity contribution in [2.45, 2.75) is 50.6 Å². The number of epoxide rings is 1. The van der Waals surface area contributed by atoms with Crippen LogP contribution in [-0.4, -0.2) is 42.1 Å². The molecule has 0 spiro atoms. The van der Waals surface area contributed by atoms with Gasteiger partial charge in [0.15, 0.2) is 0 Å². The molecule has 2 aliphatic rings. The van der Waals surface area contributed by atoms with Gasteiger partial charge in [-0.15, -0.1) is 0 Å². The SMILES string of the molecule is CC1CC2OC2C(OC(=O)c2ccc(F)cc2Cl)CC(=O)CC(=O)O1. The molecule has 2 aliphatic heterocycles. The van der Waals surface area contributed by atoms with Crippen molar-refractivity contribution in [1.82, 2.24) is 0 Å². The van der Waals surface area contributed by atoms with Crippen LogP contribution in [0, 0.1) is 5.82 Å². The van der Waals surface area contributed by atoms with Crippen LogP contribution in [0.5, 0.6) is 0 Å². The summed E-state index contributed by atoms with van der Waals surface area (Å²) in [7, 11) is 0. The molecule has 8 heteroatoms. The molecule has 0 N–H and O–H groups in total. The number of esters is 2. The first-order valence-electron chi connectivity index (χ1n) is 7.86. The van der Waals surface area contributed by atoms with Gasteiger partial charge in [0.2, 0.25) is 0 Å². The predicted octanol–water partition coefficient (Wildman–Crippen LogP) is 2.46. The number of hydrogen-bond donors (Lipinski definition) is 0. The standard InChI is InChI=1S/C17H16ClFO6/c1-8-4-13-16(24-13)14(6-10(20)7-15(21)23-8)25-17(22)11-3-2-9(19)5-12(11)18/h2-3,5,8,13-14,16H,4,6-7H2,1H3. The summed E-state index contributed by atoms with van der Waals surface area (Å²) in [6, 6.07) is 3.31. The van der Waals surface area contributed by atoms with E-state index in [4.69, 9.17) is 25.8 Å². The number of carbonyl (C=O) groups excluding carboxylic acids is 3. The molecule has 2 heterocycles. The number of ketones is 1. The summed E-state index contributed by atoms with van der Waals surface area (Å²) in [4.78, 5) is 35.9. The Balaban J connectivity index is 1.74. The third-order valence-electron chi connectivity index (χ3n) is 4.06. The lowest BCUT2D eigenvalue weighted by Gasteiger charge is -2.18. The quantitative estimate of drug-likeness (QED) is 0.452. The number of cyclic esters (lactones) is 1. The first kappa shape index (κ1) is 17.8. The van der Waals surface area contributed by atoms with Crippen LogP contribution in [0.3, 0.4) is 0 Å². The van der Waals surface area contributed by atoms with Crippen LogP contribution in [0.2, 0.25) is 5.02 Å². The number of carbonyl (C=O) groups is 3. The lowest BCUT2D eigenvalue weighted by Crippen LogP contribution is -2.31. The van der Waals surface area contributed by atoms with Gasteiger partial charge in [-0.25, -0.2) is 9.18 Å². The Morgan fingerprint density at radius 3 is 2.84 bits per heavy atom. The number of benzene rings is 1. The van der Waals surface area contributed by atoms with E-state index in [-0.39, 0.29) is 29.5 Å². The second-order valence-electron chi connectivity index (χ2n) is 6.16. The molecular formula is C17H16ClFO6. The molecule has 0 amide bonds. The summed E-state index contributed by atoms with van der Waals surface area (Å²) in [5.74, 6) is -2.36. The largest absolute Gasteiger partial charge is 0.462 e. The second-order valence-corrected chi connectivity index (χ2v) is 6.57. The van der Waals surface area contributed by atoms with Crippen molar-refractivity contribution in [1.29, 1.82) is 0 Å². The smallest absolute Gasteiger partial charge is 0.340 e. The molecule has 25 heavy (non-hydrogen) atoms. The molecule has 0 radical (unpaired) electrons. The molecular weight excluding hydrogens is 355 g/mol. The van der Waals surface area contributed by atoms with Gasteiger partial charge in [0, 0.05) is 12.8 Å². The van der Waals surface area contributed by atoms with Gasteiger partial charge < -0.3 is 14.2 Å². The average Bonchev–Trinajstić information content (AvgIpc) is 3.24. The van der Waals surface area contributed by atoms with E-state index in [1.54, 1.807) is 6.92 Å². The fraction of sp³-hybridized carbons (Fsp3) is 0.471. The van der Waals surface area contributed by atoms with Crippen molar-refractivity contribution in [3.8, 4) is 0 Å². The maximum absolute atomic E-state index is 13.1. The van der Waals surface area contributed by atoms with Crippen LogP contribution in [0.1, 0.15) is 36.5 Å². The van der Waals surface area contributed by atoms with Gasteiger partial charge in [0.1, 0.15) is 36.3 Å². The Morgan fingerprint density at radius 1 is 1.36 bits per heavy atom. The normalized spacial score (nSPS) is 29.4. The number of ether oxygens (including phenoxy) is 3. The highest BCUT2D eigenvalue weighted by Crippen LogP contribution is 2.35. The Kier molecular flexibility index (Phi) is 5.06. The highest BCUT2D eigenvalue weighted by molar-refractivity contribution is 6.33. The van der Waals surface area contributed by atoms with E-state index in [0.717, 1.165) is 12.1 Å². The highest BCUT2D eigenvalue weighted by Gasteiger charge is 2.49. The van der Waals surface area contributed by atoms with Crippen molar-refractivity contribution in [2.75, 3.05) is 0 Å². The van der Waals surface area contributed by atoms with E-state index in [0.29, 0.717) is 6.42 Å². The van der Waals surface area contributed by atoms with Crippen molar-refractivity contribution in [2.24, 2.45) is 0 Å². The Morgan fingerprint density at radius 2 is 2.12 bits per heavy atom. The summed E-state index contributed by atoms with van der Waals surface area (Å²) in [6.45, 7) is 1.71. The third-order valence-corrected chi connectivity index (χ3v) is 4.38. The number of Topliss-reactive ketones (excluding diaryl/α,β-unsaturated/α-hetero) is 1. The first-order chi connectivity index (χ1) is 11.8. The van der Waals surface area contributed by atoms with E-state index in [1.807, 2.05) is 0 Å². The van der Waals surface area contributed by atoms with Gasteiger partial charge in [-0.3, -0.25) is 9.59 Å². The minimum Gasteiger partial charge on any atom is -0.462 e. The molecule has 0 aliphatic carbocycles. The van der Waals surface area contributed by atoms with Crippen molar-refractivity contribution >= 4 is 29.3 Å². The molecule has 4 atom stereocenters. The number of rotatable bonds is 2. The van der Waals surface area contributed by atoms with Gasteiger partial charge >= 0.3 is 11.9 Å². The van der Waals surface area contributed by atoms with Gasteiger partial charge in [-0.05, 0) is 25.1 Å². The summed E-state index contributed by atoms with van der Waals surface area (Å²) < 4.78 is 29.1. The van der Waals surface area contributed by atoms with Crippen LogP contribution in [0.15, 0.2) is 18.2 Å². The summed E-state index contributed by atoms with van der Waals surface area (Å²) in [6.07, 6.45) is -2.00. The zero-order valence-corrected chi connectivity index (χ0v) is 14.1. The summed E-state index contributed by atoms with van der Waals surface area (Å²) >= 11 is 5.86. The minimum absolute atomic E-state index is 0.00223. The molecule has 2 saturated heterocycles. The molecule has 0 saturated carbocycles. The van der Waals surface area contributed by atoms with Gasteiger partial charge in [0.25, 0.3) is 0 Å². The topological polar surface area (TPSA) is 82.2 Å². The van der Waals surface area contributed by atoms with E-state index >= 15 is 0 Å². The number of fused-ring (bicyclic) bond motifs is 1. The maximum atomic E-state index is 13.1. The lowest BCUT2D eigenvalue weighted by molar-refractivity contribution is -0.150. The Bertz CT molecular complexity index is 721. The van der Waals surface area contributed by atoms with Crippen molar-refractivity contribution in [3.63, 3.8) is 0 Å². The molecule has 134 valence electrons. The van der Waals surface area contributed by atoms with Crippen LogP contribution in [0.4, 0.5) is 4.39 Å². The van der Waals surface area contributed by atoms with E-state index in [2.05, 4.69) is 0 Å². The first-order valence-corrected chi connectivity index (χ1v) is 8.24. The van der Waals surface area contributed by atoms with Crippen LogP contribution in [-0.2, 0) is 23.8 Å². The predicted molar refractivity (Wildman–Crippen MR) is 83.7 cm³/mol. The summed E-state index contributed by atoms with van der Waals surface area (Å²) in [5.41, 5.74) is -0.00223. The molecule has 3 rings (SSSR count). The highest BCUT2D eigenvalue weighted by atomic mass is 35.5. The molecule has 1 aromatic carbocycles. The number of halogens is 2. The van der Waals surface area contributed by atoms with Crippen molar-refractivity contribution < 1.29 is 33.0 Å². The Hall–Kier alpha value is -1.99. The fourth-order valence-electron chi connectivity index (χ4n) is 2.85. The molecule has 2 fully saturated rings. The van der Waals surface area contributed by atoms with Gasteiger partial charge in [0.05, 0.1) is 16.7 Å². The van der Waals surface area contributed by atoms with Crippen LogP contribution >= 0.6 is 11.6 Å². The zero-order valence-electron chi connectivity index (χ0n) is 13.4. The van der Waals surface area contributed by atoms with Crippen LogP contribution < -0.4 is 0 Å². The van der Waals surface area contributed by atoms with Crippen molar-refractivity contribution in [3.05, 3.63) is 34.6 Å². The molecule has 6 nitrogen and oxygen atoms in total.